The van der Waals surface area contributed by atoms with Gasteiger partial charge in [-0.05, 0) is 36.7 Å². The maximum atomic E-state index is 5.96. The molecule has 2 saturated carbocycles. The first-order valence-electron chi connectivity index (χ1n) is 5.62. The lowest BCUT2D eigenvalue weighted by Crippen LogP contribution is -2.22. The number of benzene rings is 1. The normalized spacial score (nSPS) is 35.6. The number of nitrogens with two attached hydrogens (primary N) is 1. The lowest BCUT2D eigenvalue weighted by molar-refractivity contribution is 0.565. The number of rotatable bonds is 3. The van der Waals surface area contributed by atoms with E-state index in [9.17, 15) is 0 Å². The van der Waals surface area contributed by atoms with Gasteiger partial charge in [0.1, 0.15) is 0 Å². The maximum Gasteiger partial charge on any atom is 0.0110 e. The van der Waals surface area contributed by atoms with Crippen LogP contribution in [0.3, 0.4) is 0 Å². The Labute approximate surface area is 85.3 Å². The zero-order valence-corrected chi connectivity index (χ0v) is 8.45. The molecule has 0 amide bonds. The molecule has 14 heavy (non-hydrogen) atoms. The monoisotopic (exact) mass is 187 g/mol. The van der Waals surface area contributed by atoms with Crippen LogP contribution in [-0.4, -0.2) is 6.54 Å². The van der Waals surface area contributed by atoms with Gasteiger partial charge in [-0.25, -0.2) is 0 Å². The van der Waals surface area contributed by atoms with Crippen molar-refractivity contribution in [2.45, 2.75) is 24.7 Å². The second kappa shape index (κ2) is 2.83. The fourth-order valence-corrected chi connectivity index (χ4v) is 2.90. The third-order valence-electron chi connectivity index (χ3n) is 4.04. The van der Waals surface area contributed by atoms with Crippen LogP contribution < -0.4 is 5.73 Å². The molecular formula is C13H17N. The summed E-state index contributed by atoms with van der Waals surface area (Å²) in [4.78, 5) is 0. The van der Waals surface area contributed by atoms with Crippen molar-refractivity contribution >= 4 is 0 Å². The van der Waals surface area contributed by atoms with Gasteiger partial charge in [-0.1, -0.05) is 30.3 Å². The highest BCUT2D eigenvalue weighted by molar-refractivity contribution is 5.35. The fourth-order valence-electron chi connectivity index (χ4n) is 2.90. The standard InChI is InChI=1S/C13H17N/c14-9-13(8-12(13)10-6-7-10)11-4-2-1-3-5-11/h1-5,10,12H,6-9,14H2. The maximum absolute atomic E-state index is 5.96. The minimum Gasteiger partial charge on any atom is -0.330 e. The van der Waals surface area contributed by atoms with Crippen LogP contribution in [0.5, 0.6) is 0 Å². The minimum absolute atomic E-state index is 0.364. The van der Waals surface area contributed by atoms with E-state index in [2.05, 4.69) is 30.3 Å². The van der Waals surface area contributed by atoms with Crippen molar-refractivity contribution in [2.24, 2.45) is 17.6 Å². The van der Waals surface area contributed by atoms with E-state index in [-0.39, 0.29) is 0 Å². The van der Waals surface area contributed by atoms with Crippen LogP contribution in [0.1, 0.15) is 24.8 Å². The molecule has 0 aromatic heterocycles. The van der Waals surface area contributed by atoms with Gasteiger partial charge in [-0.15, -0.1) is 0 Å². The Morgan fingerprint density at radius 2 is 1.93 bits per heavy atom. The molecule has 2 aliphatic carbocycles. The van der Waals surface area contributed by atoms with Gasteiger partial charge in [0.15, 0.2) is 0 Å². The Hall–Kier alpha value is -0.820. The first kappa shape index (κ1) is 8.49. The van der Waals surface area contributed by atoms with Crippen molar-refractivity contribution < 1.29 is 0 Å². The van der Waals surface area contributed by atoms with Crippen LogP contribution in [-0.2, 0) is 5.41 Å². The van der Waals surface area contributed by atoms with Crippen LogP contribution in [0.25, 0.3) is 0 Å². The Morgan fingerprint density at radius 1 is 1.21 bits per heavy atom. The molecule has 0 radical (unpaired) electrons. The van der Waals surface area contributed by atoms with Crippen molar-refractivity contribution in [1.29, 1.82) is 0 Å². The van der Waals surface area contributed by atoms with Crippen molar-refractivity contribution in [3.63, 3.8) is 0 Å². The Morgan fingerprint density at radius 3 is 2.50 bits per heavy atom. The molecule has 0 bridgehead atoms. The molecule has 1 nitrogen and oxygen atoms in total. The van der Waals surface area contributed by atoms with Crippen LogP contribution in [0.4, 0.5) is 0 Å². The molecule has 1 aromatic rings. The predicted molar refractivity (Wildman–Crippen MR) is 58.0 cm³/mol. The van der Waals surface area contributed by atoms with Gasteiger partial charge < -0.3 is 5.73 Å². The van der Waals surface area contributed by atoms with Crippen molar-refractivity contribution in [1.82, 2.24) is 0 Å². The third-order valence-corrected chi connectivity index (χ3v) is 4.04. The van der Waals surface area contributed by atoms with Gasteiger partial charge in [-0.2, -0.15) is 0 Å². The summed E-state index contributed by atoms with van der Waals surface area (Å²) in [6.07, 6.45) is 4.22. The van der Waals surface area contributed by atoms with E-state index in [0.717, 1.165) is 18.4 Å². The minimum atomic E-state index is 0.364. The molecule has 2 fully saturated rings. The molecule has 74 valence electrons. The summed E-state index contributed by atoms with van der Waals surface area (Å²) in [5.74, 6) is 1.90. The molecule has 3 rings (SSSR count). The average molecular weight is 187 g/mol. The second-order valence-electron chi connectivity index (χ2n) is 4.87. The number of hydrogen-bond donors (Lipinski definition) is 1. The van der Waals surface area contributed by atoms with Crippen LogP contribution in [0.2, 0.25) is 0 Å². The van der Waals surface area contributed by atoms with E-state index < -0.39 is 0 Å². The molecule has 0 spiro atoms. The Balaban J connectivity index is 1.88. The first-order valence-corrected chi connectivity index (χ1v) is 5.62. The van der Waals surface area contributed by atoms with Gasteiger partial charge in [0.05, 0.1) is 0 Å². The quantitative estimate of drug-likeness (QED) is 0.772. The van der Waals surface area contributed by atoms with Crippen molar-refractivity contribution in [3.05, 3.63) is 35.9 Å². The zero-order valence-electron chi connectivity index (χ0n) is 8.45. The van der Waals surface area contributed by atoms with Gasteiger partial charge >= 0.3 is 0 Å². The number of hydrogen-bond acceptors (Lipinski definition) is 1. The summed E-state index contributed by atoms with van der Waals surface area (Å²) in [5.41, 5.74) is 7.79. The van der Waals surface area contributed by atoms with Gasteiger partial charge in [0.2, 0.25) is 0 Å². The van der Waals surface area contributed by atoms with Crippen LogP contribution >= 0.6 is 0 Å². The van der Waals surface area contributed by atoms with Crippen molar-refractivity contribution in [2.75, 3.05) is 6.54 Å². The highest BCUT2D eigenvalue weighted by Gasteiger charge is 2.59. The van der Waals surface area contributed by atoms with Gasteiger partial charge in [-0.3, -0.25) is 0 Å². The molecule has 1 heteroatoms. The van der Waals surface area contributed by atoms with Crippen LogP contribution in [0.15, 0.2) is 30.3 Å². The molecule has 0 heterocycles. The SMILES string of the molecule is NCC1(c2ccccc2)CC1C1CC1. The molecule has 1 aromatic carbocycles. The largest absolute Gasteiger partial charge is 0.330 e. The summed E-state index contributed by atoms with van der Waals surface area (Å²) in [6.45, 7) is 0.832. The molecule has 0 aliphatic heterocycles. The summed E-state index contributed by atoms with van der Waals surface area (Å²) in [5, 5.41) is 0. The summed E-state index contributed by atoms with van der Waals surface area (Å²) in [6, 6.07) is 10.8. The Bertz CT molecular complexity index is 328. The van der Waals surface area contributed by atoms with E-state index in [1.807, 2.05) is 0 Å². The zero-order chi connectivity index (χ0) is 9.60. The summed E-state index contributed by atoms with van der Waals surface area (Å²) < 4.78 is 0. The molecule has 2 atom stereocenters. The molecule has 2 unspecified atom stereocenters. The first-order chi connectivity index (χ1) is 6.87. The highest BCUT2D eigenvalue weighted by Crippen LogP contribution is 2.63. The average Bonchev–Trinajstić information content (AvgIpc) is 3.12. The lowest BCUT2D eigenvalue weighted by Gasteiger charge is -2.15. The van der Waals surface area contributed by atoms with E-state index in [4.69, 9.17) is 5.73 Å². The van der Waals surface area contributed by atoms with Gasteiger partial charge in [0, 0.05) is 12.0 Å². The summed E-state index contributed by atoms with van der Waals surface area (Å²) >= 11 is 0. The molecule has 0 saturated heterocycles. The van der Waals surface area contributed by atoms with E-state index in [1.165, 1.54) is 24.8 Å². The fraction of sp³-hybridized carbons (Fsp3) is 0.538. The predicted octanol–water partition coefficient (Wildman–Crippen LogP) is 2.31. The van der Waals surface area contributed by atoms with E-state index >= 15 is 0 Å². The highest BCUT2D eigenvalue weighted by atomic mass is 14.7. The smallest absolute Gasteiger partial charge is 0.0110 e. The third kappa shape index (κ3) is 1.12. The second-order valence-corrected chi connectivity index (χ2v) is 4.87. The van der Waals surface area contributed by atoms with Crippen molar-refractivity contribution in [3.8, 4) is 0 Å². The van der Waals surface area contributed by atoms with E-state index in [0.29, 0.717) is 5.41 Å². The lowest BCUT2D eigenvalue weighted by atomic mass is 9.92. The molecule has 2 N–H and O–H groups in total. The molecular weight excluding hydrogens is 170 g/mol. The van der Waals surface area contributed by atoms with Crippen LogP contribution in [0, 0.1) is 11.8 Å². The molecule has 2 aliphatic rings. The topological polar surface area (TPSA) is 26.0 Å². The Kier molecular flexibility index (Phi) is 1.72. The van der Waals surface area contributed by atoms with Gasteiger partial charge in [0.25, 0.3) is 0 Å². The van der Waals surface area contributed by atoms with E-state index in [1.54, 1.807) is 0 Å². The summed E-state index contributed by atoms with van der Waals surface area (Å²) in [7, 11) is 0.